The van der Waals surface area contributed by atoms with Crippen LogP contribution in [0.15, 0.2) is 22.9 Å². The standard InChI is InChI=1S/C15H24BrN3O/c1-4-18(5-2)10-7-11-19(6-3)15(20)13-8-9-17-14(16)12-13/h8-9,12H,4-7,10-11H2,1-3H3. The molecule has 1 heterocycles. The van der Waals surface area contributed by atoms with Crippen molar-refractivity contribution >= 4 is 21.8 Å². The van der Waals surface area contributed by atoms with E-state index < -0.39 is 0 Å². The van der Waals surface area contributed by atoms with Crippen molar-refractivity contribution in [2.24, 2.45) is 0 Å². The largest absolute Gasteiger partial charge is 0.339 e. The highest BCUT2D eigenvalue weighted by molar-refractivity contribution is 9.10. The van der Waals surface area contributed by atoms with Gasteiger partial charge in [0.25, 0.3) is 5.91 Å². The van der Waals surface area contributed by atoms with Crippen molar-refractivity contribution < 1.29 is 4.79 Å². The second-order valence-electron chi connectivity index (χ2n) is 4.63. The Hall–Kier alpha value is -0.940. The van der Waals surface area contributed by atoms with E-state index >= 15 is 0 Å². The molecule has 0 atom stereocenters. The van der Waals surface area contributed by atoms with Crippen LogP contribution >= 0.6 is 15.9 Å². The van der Waals surface area contributed by atoms with Gasteiger partial charge in [-0.3, -0.25) is 4.79 Å². The molecule has 112 valence electrons. The number of hydrogen-bond acceptors (Lipinski definition) is 3. The van der Waals surface area contributed by atoms with E-state index in [-0.39, 0.29) is 5.91 Å². The molecule has 0 aromatic carbocycles. The van der Waals surface area contributed by atoms with Crippen molar-refractivity contribution in [3.63, 3.8) is 0 Å². The molecule has 0 aliphatic carbocycles. The Labute approximate surface area is 130 Å². The van der Waals surface area contributed by atoms with Gasteiger partial charge in [-0.15, -0.1) is 0 Å². The summed E-state index contributed by atoms with van der Waals surface area (Å²) in [5.74, 6) is 0.0788. The third-order valence-electron chi connectivity index (χ3n) is 3.44. The summed E-state index contributed by atoms with van der Waals surface area (Å²) < 4.78 is 0.697. The van der Waals surface area contributed by atoms with Gasteiger partial charge in [-0.1, -0.05) is 13.8 Å². The number of amides is 1. The molecule has 0 saturated carbocycles. The molecule has 5 heteroatoms. The van der Waals surface area contributed by atoms with Crippen molar-refractivity contribution in [2.45, 2.75) is 27.2 Å². The summed E-state index contributed by atoms with van der Waals surface area (Å²) in [6.45, 7) is 11.0. The van der Waals surface area contributed by atoms with E-state index in [0.29, 0.717) is 10.2 Å². The van der Waals surface area contributed by atoms with E-state index in [2.05, 4.69) is 39.7 Å². The first kappa shape index (κ1) is 17.1. The Balaban J connectivity index is 2.55. The quantitative estimate of drug-likeness (QED) is 0.682. The topological polar surface area (TPSA) is 36.4 Å². The molecule has 4 nitrogen and oxygen atoms in total. The monoisotopic (exact) mass is 341 g/mol. The minimum absolute atomic E-state index is 0.0788. The zero-order valence-corrected chi connectivity index (χ0v) is 14.2. The van der Waals surface area contributed by atoms with Crippen LogP contribution in [0.4, 0.5) is 0 Å². The fraction of sp³-hybridized carbons (Fsp3) is 0.600. The summed E-state index contributed by atoms with van der Waals surface area (Å²) in [4.78, 5) is 20.7. The molecule has 0 fully saturated rings. The smallest absolute Gasteiger partial charge is 0.253 e. The molecule has 0 radical (unpaired) electrons. The van der Waals surface area contributed by atoms with Gasteiger partial charge in [-0.05, 0) is 61.0 Å². The van der Waals surface area contributed by atoms with Crippen LogP contribution < -0.4 is 0 Å². The summed E-state index contributed by atoms with van der Waals surface area (Å²) >= 11 is 3.30. The number of rotatable bonds is 8. The Morgan fingerprint density at radius 3 is 2.45 bits per heavy atom. The van der Waals surface area contributed by atoms with E-state index in [9.17, 15) is 4.79 Å². The minimum Gasteiger partial charge on any atom is -0.339 e. The highest BCUT2D eigenvalue weighted by Gasteiger charge is 2.14. The third kappa shape index (κ3) is 5.21. The van der Waals surface area contributed by atoms with Gasteiger partial charge >= 0.3 is 0 Å². The summed E-state index contributed by atoms with van der Waals surface area (Å²) in [6.07, 6.45) is 2.66. The van der Waals surface area contributed by atoms with Gasteiger partial charge in [-0.25, -0.2) is 4.98 Å². The number of halogens is 1. The third-order valence-corrected chi connectivity index (χ3v) is 3.87. The maximum absolute atomic E-state index is 12.4. The van der Waals surface area contributed by atoms with Crippen molar-refractivity contribution in [1.29, 1.82) is 0 Å². The first-order valence-electron chi connectivity index (χ1n) is 7.25. The predicted molar refractivity (Wildman–Crippen MR) is 85.9 cm³/mol. The lowest BCUT2D eigenvalue weighted by Gasteiger charge is -2.23. The second kappa shape index (κ2) is 9.08. The van der Waals surface area contributed by atoms with Gasteiger partial charge in [0.15, 0.2) is 0 Å². The maximum atomic E-state index is 12.4. The molecule has 0 unspecified atom stereocenters. The Bertz CT molecular complexity index is 421. The molecule has 0 aliphatic rings. The Morgan fingerprint density at radius 2 is 1.90 bits per heavy atom. The number of aromatic nitrogens is 1. The van der Waals surface area contributed by atoms with Gasteiger partial charge in [-0.2, -0.15) is 0 Å². The van der Waals surface area contributed by atoms with E-state index in [0.717, 1.165) is 39.1 Å². The van der Waals surface area contributed by atoms with E-state index in [1.54, 1.807) is 18.3 Å². The van der Waals surface area contributed by atoms with Crippen molar-refractivity contribution in [3.05, 3.63) is 28.5 Å². The lowest BCUT2D eigenvalue weighted by molar-refractivity contribution is 0.0757. The van der Waals surface area contributed by atoms with Crippen LogP contribution in [0.5, 0.6) is 0 Å². The van der Waals surface area contributed by atoms with Crippen LogP contribution in [0.1, 0.15) is 37.6 Å². The lowest BCUT2D eigenvalue weighted by Crippen LogP contribution is -2.34. The van der Waals surface area contributed by atoms with E-state index in [4.69, 9.17) is 0 Å². The number of nitrogens with zero attached hydrogens (tertiary/aromatic N) is 3. The maximum Gasteiger partial charge on any atom is 0.253 e. The molecule has 0 saturated heterocycles. The molecule has 1 amide bonds. The zero-order chi connectivity index (χ0) is 15.0. The van der Waals surface area contributed by atoms with Crippen LogP contribution in [-0.2, 0) is 0 Å². The van der Waals surface area contributed by atoms with Gasteiger partial charge in [0.05, 0.1) is 0 Å². The number of hydrogen-bond donors (Lipinski definition) is 0. The highest BCUT2D eigenvalue weighted by Crippen LogP contribution is 2.11. The average molecular weight is 342 g/mol. The van der Waals surface area contributed by atoms with Gasteiger partial charge < -0.3 is 9.80 Å². The first-order chi connectivity index (χ1) is 9.62. The molecular weight excluding hydrogens is 318 g/mol. The molecule has 0 aliphatic heterocycles. The summed E-state index contributed by atoms with van der Waals surface area (Å²) in [5.41, 5.74) is 0.691. The van der Waals surface area contributed by atoms with Crippen LogP contribution in [0.25, 0.3) is 0 Å². The number of pyridine rings is 1. The fourth-order valence-corrected chi connectivity index (χ4v) is 2.51. The number of carbonyl (C=O) groups is 1. The van der Waals surface area contributed by atoms with Crippen molar-refractivity contribution in [2.75, 3.05) is 32.7 Å². The Morgan fingerprint density at radius 1 is 1.20 bits per heavy atom. The van der Waals surface area contributed by atoms with Gasteiger partial charge in [0, 0.05) is 24.8 Å². The normalized spacial score (nSPS) is 10.8. The zero-order valence-electron chi connectivity index (χ0n) is 12.6. The van der Waals surface area contributed by atoms with Crippen LogP contribution in [-0.4, -0.2) is 53.4 Å². The SMILES string of the molecule is CCN(CC)CCCN(CC)C(=O)c1ccnc(Br)c1. The van der Waals surface area contributed by atoms with E-state index in [1.165, 1.54) is 0 Å². The van der Waals surface area contributed by atoms with Crippen molar-refractivity contribution in [1.82, 2.24) is 14.8 Å². The fourth-order valence-electron chi connectivity index (χ4n) is 2.15. The molecule has 0 spiro atoms. The predicted octanol–water partition coefficient (Wildman–Crippen LogP) is 3.04. The second-order valence-corrected chi connectivity index (χ2v) is 5.44. The average Bonchev–Trinajstić information content (AvgIpc) is 2.47. The van der Waals surface area contributed by atoms with E-state index in [1.807, 2.05) is 11.8 Å². The minimum atomic E-state index is 0.0788. The summed E-state index contributed by atoms with van der Waals surface area (Å²) in [6, 6.07) is 3.54. The molecule has 1 rings (SSSR count). The molecule has 0 N–H and O–H groups in total. The molecular formula is C15H24BrN3O. The van der Waals surface area contributed by atoms with Crippen LogP contribution in [0, 0.1) is 0 Å². The Kier molecular flexibility index (Phi) is 7.77. The molecule has 1 aromatic rings. The first-order valence-corrected chi connectivity index (χ1v) is 8.04. The van der Waals surface area contributed by atoms with Crippen LogP contribution in [0.2, 0.25) is 0 Å². The number of carbonyl (C=O) groups excluding carboxylic acids is 1. The molecule has 20 heavy (non-hydrogen) atoms. The summed E-state index contributed by atoms with van der Waals surface area (Å²) in [7, 11) is 0. The van der Waals surface area contributed by atoms with Gasteiger partial charge in [0.1, 0.15) is 4.60 Å². The molecule has 1 aromatic heterocycles. The molecule has 0 bridgehead atoms. The highest BCUT2D eigenvalue weighted by atomic mass is 79.9. The van der Waals surface area contributed by atoms with Crippen LogP contribution in [0.3, 0.4) is 0 Å². The summed E-state index contributed by atoms with van der Waals surface area (Å²) in [5, 5.41) is 0. The van der Waals surface area contributed by atoms with Gasteiger partial charge in [0.2, 0.25) is 0 Å². The van der Waals surface area contributed by atoms with Crippen molar-refractivity contribution in [3.8, 4) is 0 Å². The lowest BCUT2D eigenvalue weighted by atomic mass is 10.2.